The third-order valence-electron chi connectivity index (χ3n) is 4.77. The average molecular weight is 536 g/mol. The highest BCUT2D eigenvalue weighted by Crippen LogP contribution is 2.31. The maximum absolute atomic E-state index is 13.0. The van der Waals surface area contributed by atoms with Gasteiger partial charge in [0.05, 0.1) is 28.1 Å². The number of benzene rings is 2. The highest BCUT2D eigenvalue weighted by molar-refractivity contribution is 7.88. The summed E-state index contributed by atoms with van der Waals surface area (Å²) in [6.07, 6.45) is 0.299. The van der Waals surface area contributed by atoms with Gasteiger partial charge in [0, 0.05) is 5.38 Å². The number of nitrogens with zero attached hydrogens (tertiary/aromatic N) is 1. The minimum Gasteiger partial charge on any atom is -0.269 e. The maximum atomic E-state index is 13.0. The first-order valence-corrected chi connectivity index (χ1v) is 14.9. The first-order valence-electron chi connectivity index (χ1n) is 10.0. The van der Waals surface area contributed by atoms with Gasteiger partial charge in [0.15, 0.2) is 0 Å². The molecular weight excluding hydrogens is 515 g/mol. The Bertz CT molecular complexity index is 1430. The summed E-state index contributed by atoms with van der Waals surface area (Å²) in [6.45, 7) is 0. The van der Waals surface area contributed by atoms with Crippen LogP contribution >= 0.6 is 22.7 Å². The van der Waals surface area contributed by atoms with Crippen molar-refractivity contribution in [1.29, 1.82) is 0 Å². The molecule has 0 bridgehead atoms. The Balaban J connectivity index is 1.59. The Kier molecular flexibility index (Phi) is 7.45. The molecule has 1 atom stereocenters. The molecule has 0 radical (unpaired) electrons. The number of anilines is 1. The van der Waals surface area contributed by atoms with E-state index in [9.17, 15) is 16.8 Å². The molecule has 2 heterocycles. The van der Waals surface area contributed by atoms with Crippen molar-refractivity contribution >= 4 is 48.7 Å². The molecule has 0 saturated carbocycles. The van der Waals surface area contributed by atoms with Gasteiger partial charge in [-0.25, -0.2) is 18.1 Å². The molecule has 0 aliphatic heterocycles. The minimum absolute atomic E-state index is 0.163. The summed E-state index contributed by atoms with van der Waals surface area (Å²) in [5, 5.41) is 4.61. The van der Waals surface area contributed by atoms with Gasteiger partial charge >= 0.3 is 10.3 Å². The fraction of sp³-hybridized carbons (Fsp3) is 0.136. The normalized spacial score (nSPS) is 13.0. The number of thiophene rings is 1. The molecule has 0 unspecified atom stereocenters. The van der Waals surface area contributed by atoms with Crippen molar-refractivity contribution in [2.75, 3.05) is 4.72 Å². The van der Waals surface area contributed by atoms with Crippen LogP contribution in [0.5, 0.6) is 0 Å². The molecule has 0 aliphatic rings. The van der Waals surface area contributed by atoms with Crippen LogP contribution in [0.1, 0.15) is 22.9 Å². The van der Waals surface area contributed by atoms with Gasteiger partial charge in [-0.05, 0) is 41.1 Å². The van der Waals surface area contributed by atoms with Gasteiger partial charge in [0.1, 0.15) is 5.01 Å². The predicted molar refractivity (Wildman–Crippen MR) is 136 cm³/mol. The van der Waals surface area contributed by atoms with Crippen LogP contribution in [0.2, 0.25) is 0 Å². The second-order valence-corrected chi connectivity index (χ2v) is 12.2. The van der Waals surface area contributed by atoms with Crippen LogP contribution in [-0.4, -0.2) is 26.4 Å². The molecule has 2 aromatic carbocycles. The summed E-state index contributed by atoms with van der Waals surface area (Å²) in [4.78, 5) is 5.69. The number of hydrogen-bond acceptors (Lipinski definition) is 7. The zero-order chi connectivity index (χ0) is 24.2. The SMILES string of the molecule is O=S(=O)(O)Nc1ccc(C[C@H](NS(=O)(=O)Cc2ccccc2)c2csc(-c3cccs3)n2)cc1. The monoisotopic (exact) mass is 535 g/mol. The molecule has 0 fully saturated rings. The molecule has 12 heteroatoms. The van der Waals surface area contributed by atoms with Crippen LogP contribution in [0.25, 0.3) is 9.88 Å². The molecule has 0 spiro atoms. The Morgan fingerprint density at radius 3 is 2.26 bits per heavy atom. The highest BCUT2D eigenvalue weighted by Gasteiger charge is 2.23. The summed E-state index contributed by atoms with van der Waals surface area (Å²) < 4.78 is 61.7. The van der Waals surface area contributed by atoms with Gasteiger partial charge in [-0.1, -0.05) is 48.5 Å². The lowest BCUT2D eigenvalue weighted by molar-refractivity contribution is 0.489. The van der Waals surface area contributed by atoms with Crippen LogP contribution in [0, 0.1) is 0 Å². The van der Waals surface area contributed by atoms with Crippen molar-refractivity contribution in [3.63, 3.8) is 0 Å². The largest absolute Gasteiger partial charge is 0.357 e. The van der Waals surface area contributed by atoms with Gasteiger partial charge in [-0.3, -0.25) is 9.27 Å². The Morgan fingerprint density at radius 1 is 0.882 bits per heavy atom. The van der Waals surface area contributed by atoms with E-state index >= 15 is 0 Å². The van der Waals surface area contributed by atoms with E-state index in [1.807, 2.05) is 33.7 Å². The van der Waals surface area contributed by atoms with Crippen molar-refractivity contribution in [3.8, 4) is 9.88 Å². The number of sulfonamides is 1. The van der Waals surface area contributed by atoms with Crippen molar-refractivity contribution in [2.45, 2.75) is 18.2 Å². The molecule has 0 amide bonds. The fourth-order valence-corrected chi connectivity index (χ4v) is 6.79. The molecule has 4 rings (SSSR count). The van der Waals surface area contributed by atoms with Crippen LogP contribution in [0.15, 0.2) is 77.5 Å². The molecule has 0 aliphatic carbocycles. The highest BCUT2D eigenvalue weighted by atomic mass is 32.2. The van der Waals surface area contributed by atoms with Crippen molar-refractivity contribution in [1.82, 2.24) is 9.71 Å². The molecule has 0 saturated heterocycles. The molecule has 34 heavy (non-hydrogen) atoms. The lowest BCUT2D eigenvalue weighted by Crippen LogP contribution is -2.31. The number of aromatic nitrogens is 1. The molecule has 2 aromatic heterocycles. The zero-order valence-electron chi connectivity index (χ0n) is 17.7. The van der Waals surface area contributed by atoms with Crippen molar-refractivity contribution in [3.05, 3.63) is 94.3 Å². The summed E-state index contributed by atoms with van der Waals surface area (Å²) in [5.41, 5.74) is 2.23. The molecule has 4 aromatic rings. The predicted octanol–water partition coefficient (Wildman–Crippen LogP) is 4.49. The smallest absolute Gasteiger partial charge is 0.269 e. The van der Waals surface area contributed by atoms with Crippen LogP contribution in [0.4, 0.5) is 5.69 Å². The lowest BCUT2D eigenvalue weighted by atomic mass is 10.0. The Morgan fingerprint density at radius 2 is 1.62 bits per heavy atom. The van der Waals surface area contributed by atoms with Crippen molar-refractivity contribution < 1.29 is 21.4 Å². The second kappa shape index (κ2) is 10.3. The first kappa shape index (κ1) is 24.5. The average Bonchev–Trinajstić information content (AvgIpc) is 3.46. The van der Waals surface area contributed by atoms with E-state index in [1.165, 1.54) is 23.5 Å². The molecular formula is C22H21N3O5S4. The molecule has 3 N–H and O–H groups in total. The third-order valence-corrected chi connectivity index (χ3v) is 8.52. The van der Waals surface area contributed by atoms with E-state index in [-0.39, 0.29) is 11.4 Å². The summed E-state index contributed by atoms with van der Waals surface area (Å²) in [7, 11) is -8.06. The number of hydrogen-bond donors (Lipinski definition) is 3. The van der Waals surface area contributed by atoms with Gasteiger partial charge in [-0.15, -0.1) is 22.7 Å². The number of thiazole rings is 1. The zero-order valence-corrected chi connectivity index (χ0v) is 20.9. The van der Waals surface area contributed by atoms with E-state index in [4.69, 9.17) is 4.55 Å². The van der Waals surface area contributed by atoms with E-state index in [0.717, 1.165) is 15.4 Å². The fourth-order valence-electron chi connectivity index (χ4n) is 3.31. The standard InChI is InChI=1S/C22H21N3O5S4/c26-33(27,15-17-5-2-1-3-6-17)25-19(20-14-32-22(23-20)21-7-4-12-31-21)13-16-8-10-18(11-9-16)24-34(28,29)30/h1-12,14,19,24-25H,13,15H2,(H,28,29,30)/t19-/m0/s1. The van der Waals surface area contributed by atoms with Gasteiger partial charge in [-0.2, -0.15) is 8.42 Å². The van der Waals surface area contributed by atoms with E-state index in [2.05, 4.69) is 9.71 Å². The van der Waals surface area contributed by atoms with Crippen LogP contribution < -0.4 is 9.44 Å². The van der Waals surface area contributed by atoms with E-state index < -0.39 is 26.4 Å². The van der Waals surface area contributed by atoms with Gasteiger partial charge in [0.2, 0.25) is 10.0 Å². The number of nitrogens with one attached hydrogen (secondary N) is 2. The van der Waals surface area contributed by atoms with Gasteiger partial charge in [0.25, 0.3) is 0 Å². The summed E-state index contributed by atoms with van der Waals surface area (Å²) in [5.74, 6) is -0.163. The minimum atomic E-state index is -4.38. The molecule has 178 valence electrons. The Hall–Kier alpha value is -2.61. The van der Waals surface area contributed by atoms with Crippen LogP contribution in [-0.2, 0) is 32.5 Å². The summed E-state index contributed by atoms with van der Waals surface area (Å²) >= 11 is 3.00. The Labute approximate surface area is 206 Å². The van der Waals surface area contributed by atoms with Gasteiger partial charge < -0.3 is 0 Å². The molecule has 8 nitrogen and oxygen atoms in total. The summed E-state index contributed by atoms with van der Waals surface area (Å²) in [6, 6.07) is 18.5. The van der Waals surface area contributed by atoms with E-state index in [1.54, 1.807) is 47.7 Å². The topological polar surface area (TPSA) is 125 Å². The van der Waals surface area contributed by atoms with Crippen molar-refractivity contribution in [2.24, 2.45) is 0 Å². The first-order chi connectivity index (χ1) is 16.2. The van der Waals surface area contributed by atoms with Crippen LogP contribution in [0.3, 0.4) is 0 Å². The number of rotatable bonds is 10. The maximum Gasteiger partial charge on any atom is 0.357 e. The van der Waals surface area contributed by atoms with E-state index in [0.29, 0.717) is 17.7 Å². The quantitative estimate of drug-likeness (QED) is 0.257. The third kappa shape index (κ3) is 6.95. The second-order valence-electron chi connectivity index (χ2n) is 7.45. The lowest BCUT2D eigenvalue weighted by Gasteiger charge is -2.18.